The third-order valence-corrected chi connectivity index (χ3v) is 5.04. The Morgan fingerprint density at radius 3 is 2.04 bits per heavy atom. The number of carbonyl (C=O) groups is 3. The highest BCUT2D eigenvalue weighted by atomic mass is 16.4. The molecule has 4 nitrogen and oxygen atoms in total. The smallest absolute Gasteiger partial charge is 0.336 e. The molecule has 0 saturated heterocycles. The summed E-state index contributed by atoms with van der Waals surface area (Å²) in [4.78, 5) is 37.2. The predicted molar refractivity (Wildman–Crippen MR) is 98.8 cm³/mol. The van der Waals surface area contributed by atoms with Crippen molar-refractivity contribution in [2.45, 2.75) is 38.5 Å². The molecule has 4 heteroatoms. The van der Waals surface area contributed by atoms with Crippen molar-refractivity contribution < 1.29 is 19.5 Å². The second-order valence-corrected chi connectivity index (χ2v) is 6.81. The molecule has 3 rings (SSSR count). The summed E-state index contributed by atoms with van der Waals surface area (Å²) in [6, 6.07) is 13.0. The Labute approximate surface area is 152 Å². The average Bonchev–Trinajstić information content (AvgIpc) is 2.96. The summed E-state index contributed by atoms with van der Waals surface area (Å²) in [6.07, 6.45) is 6.07. The minimum Gasteiger partial charge on any atom is -0.478 e. The Morgan fingerprint density at radius 1 is 0.769 bits per heavy atom. The maximum atomic E-state index is 12.8. The number of Topliss-reactive ketones (excluding diaryl/α,β-unsaturated/α-hetero) is 1. The Balaban J connectivity index is 1.93. The third kappa shape index (κ3) is 3.90. The molecule has 1 aliphatic carbocycles. The fourth-order valence-electron chi connectivity index (χ4n) is 3.59. The van der Waals surface area contributed by atoms with Gasteiger partial charge in [0.1, 0.15) is 0 Å². The number of benzene rings is 2. The van der Waals surface area contributed by atoms with Gasteiger partial charge in [-0.05, 0) is 25.0 Å². The molecule has 0 radical (unpaired) electrons. The lowest BCUT2D eigenvalue weighted by Crippen LogP contribution is -2.16. The van der Waals surface area contributed by atoms with Gasteiger partial charge in [0.2, 0.25) is 0 Å². The summed E-state index contributed by atoms with van der Waals surface area (Å²) in [5, 5.41) is 9.56. The van der Waals surface area contributed by atoms with Gasteiger partial charge >= 0.3 is 5.97 Å². The van der Waals surface area contributed by atoms with Crippen LogP contribution >= 0.6 is 0 Å². The van der Waals surface area contributed by atoms with Gasteiger partial charge in [-0.3, -0.25) is 9.59 Å². The van der Waals surface area contributed by atoms with Crippen LogP contribution in [0.15, 0.2) is 48.5 Å². The lowest BCUT2D eigenvalue weighted by atomic mass is 9.88. The summed E-state index contributed by atoms with van der Waals surface area (Å²) in [5.74, 6) is -1.60. The molecule has 0 aromatic heterocycles. The van der Waals surface area contributed by atoms with E-state index < -0.39 is 5.97 Å². The fourth-order valence-corrected chi connectivity index (χ4v) is 3.59. The van der Waals surface area contributed by atoms with Gasteiger partial charge in [-0.15, -0.1) is 0 Å². The van der Waals surface area contributed by atoms with Gasteiger partial charge in [0.05, 0.1) is 5.56 Å². The van der Waals surface area contributed by atoms with Crippen LogP contribution in [0.3, 0.4) is 0 Å². The van der Waals surface area contributed by atoms with Gasteiger partial charge in [0.25, 0.3) is 0 Å². The van der Waals surface area contributed by atoms with Crippen molar-refractivity contribution in [3.63, 3.8) is 0 Å². The summed E-state index contributed by atoms with van der Waals surface area (Å²) >= 11 is 0. The molecule has 134 valence electrons. The normalized spacial score (nSPS) is 15.2. The van der Waals surface area contributed by atoms with Crippen LogP contribution in [0.5, 0.6) is 0 Å². The van der Waals surface area contributed by atoms with Crippen molar-refractivity contribution >= 4 is 17.5 Å². The van der Waals surface area contributed by atoms with Crippen LogP contribution in [0.25, 0.3) is 0 Å². The number of rotatable bonds is 5. The van der Waals surface area contributed by atoms with Crippen molar-refractivity contribution in [3.8, 4) is 0 Å². The van der Waals surface area contributed by atoms with Gasteiger partial charge in [0, 0.05) is 22.6 Å². The van der Waals surface area contributed by atoms with Gasteiger partial charge in [0.15, 0.2) is 11.6 Å². The van der Waals surface area contributed by atoms with Gasteiger partial charge < -0.3 is 5.11 Å². The maximum absolute atomic E-state index is 12.8. The zero-order valence-electron chi connectivity index (χ0n) is 14.6. The van der Waals surface area contributed by atoms with Crippen LogP contribution in [0.1, 0.15) is 75.2 Å². The molecule has 0 aliphatic heterocycles. The second-order valence-electron chi connectivity index (χ2n) is 6.81. The molecular weight excluding hydrogens is 328 g/mol. The first-order valence-electron chi connectivity index (χ1n) is 9.09. The van der Waals surface area contributed by atoms with Crippen molar-refractivity contribution in [1.29, 1.82) is 0 Å². The van der Waals surface area contributed by atoms with Crippen molar-refractivity contribution in [3.05, 3.63) is 70.8 Å². The Hall–Kier alpha value is -2.75. The predicted octanol–water partition coefficient (Wildman–Crippen LogP) is 4.77. The van der Waals surface area contributed by atoms with Gasteiger partial charge in [-0.25, -0.2) is 4.79 Å². The molecule has 0 spiro atoms. The van der Waals surface area contributed by atoms with E-state index in [-0.39, 0.29) is 28.6 Å². The molecule has 0 amide bonds. The van der Waals surface area contributed by atoms with Crippen LogP contribution in [-0.2, 0) is 0 Å². The van der Waals surface area contributed by atoms with Gasteiger partial charge in [-0.1, -0.05) is 62.1 Å². The second kappa shape index (κ2) is 8.09. The first kappa shape index (κ1) is 18.1. The molecule has 26 heavy (non-hydrogen) atoms. The molecule has 0 atom stereocenters. The number of hydrogen-bond acceptors (Lipinski definition) is 3. The van der Waals surface area contributed by atoms with Gasteiger partial charge in [-0.2, -0.15) is 0 Å². The first-order valence-corrected chi connectivity index (χ1v) is 9.09. The average molecular weight is 350 g/mol. The van der Waals surface area contributed by atoms with E-state index in [1.165, 1.54) is 12.1 Å². The molecule has 0 bridgehead atoms. The monoisotopic (exact) mass is 350 g/mol. The van der Waals surface area contributed by atoms with Crippen LogP contribution in [0.2, 0.25) is 0 Å². The van der Waals surface area contributed by atoms with E-state index in [0.717, 1.165) is 38.5 Å². The highest BCUT2D eigenvalue weighted by Crippen LogP contribution is 2.27. The first-order chi connectivity index (χ1) is 12.6. The van der Waals surface area contributed by atoms with E-state index in [9.17, 15) is 19.5 Å². The summed E-state index contributed by atoms with van der Waals surface area (Å²) in [5.41, 5.74) is 0.816. The minimum atomic E-state index is -1.19. The summed E-state index contributed by atoms with van der Waals surface area (Å²) in [7, 11) is 0. The van der Waals surface area contributed by atoms with Crippen LogP contribution in [0.4, 0.5) is 0 Å². The molecular formula is C22H22O4. The number of hydrogen-bond donors (Lipinski definition) is 1. The molecule has 0 unspecified atom stereocenters. The molecule has 1 N–H and O–H groups in total. The minimum absolute atomic E-state index is 0.00638. The molecule has 1 saturated carbocycles. The topological polar surface area (TPSA) is 71.4 Å². The quantitative estimate of drug-likeness (QED) is 0.623. The van der Waals surface area contributed by atoms with Crippen molar-refractivity contribution in [1.82, 2.24) is 0 Å². The number of carbonyl (C=O) groups excluding carboxylic acids is 2. The zero-order chi connectivity index (χ0) is 18.5. The van der Waals surface area contributed by atoms with Crippen LogP contribution in [0, 0.1) is 5.92 Å². The van der Waals surface area contributed by atoms with E-state index in [0.29, 0.717) is 11.1 Å². The lowest BCUT2D eigenvalue weighted by Gasteiger charge is -2.14. The maximum Gasteiger partial charge on any atom is 0.336 e. The molecule has 2 aromatic carbocycles. The molecule has 0 heterocycles. The number of ketones is 2. The van der Waals surface area contributed by atoms with E-state index in [2.05, 4.69) is 0 Å². The highest BCUT2D eigenvalue weighted by Gasteiger charge is 2.24. The SMILES string of the molecule is O=C(O)c1cc(C(=O)C2CCCCCC2)ccc1C(=O)c1ccccc1. The highest BCUT2D eigenvalue weighted by molar-refractivity contribution is 6.15. The number of aromatic carboxylic acids is 1. The summed E-state index contributed by atoms with van der Waals surface area (Å²) < 4.78 is 0. The van der Waals surface area contributed by atoms with Crippen molar-refractivity contribution in [2.24, 2.45) is 5.92 Å². The molecule has 2 aromatic rings. The Morgan fingerprint density at radius 2 is 1.42 bits per heavy atom. The van der Waals surface area contributed by atoms with Crippen LogP contribution < -0.4 is 0 Å². The third-order valence-electron chi connectivity index (χ3n) is 5.04. The number of carboxylic acid groups (broad SMARTS) is 1. The van der Waals surface area contributed by atoms with Crippen LogP contribution in [-0.4, -0.2) is 22.6 Å². The zero-order valence-corrected chi connectivity index (χ0v) is 14.6. The van der Waals surface area contributed by atoms with E-state index in [4.69, 9.17) is 0 Å². The Kier molecular flexibility index (Phi) is 5.61. The van der Waals surface area contributed by atoms with E-state index >= 15 is 0 Å². The number of carboxylic acids is 1. The summed E-state index contributed by atoms with van der Waals surface area (Å²) in [6.45, 7) is 0. The van der Waals surface area contributed by atoms with E-state index in [1.807, 2.05) is 0 Å². The van der Waals surface area contributed by atoms with Crippen molar-refractivity contribution in [2.75, 3.05) is 0 Å². The Bertz CT molecular complexity index is 815. The molecule has 1 aliphatic rings. The lowest BCUT2D eigenvalue weighted by molar-refractivity contribution is 0.0692. The van der Waals surface area contributed by atoms with E-state index in [1.54, 1.807) is 36.4 Å². The molecule has 1 fully saturated rings. The largest absolute Gasteiger partial charge is 0.478 e. The standard InChI is InChI=1S/C22H22O4/c23-20(15-8-4-1-2-5-9-15)17-12-13-18(19(14-17)22(25)26)21(24)16-10-6-3-7-11-16/h3,6-7,10-15H,1-2,4-5,8-9H2,(H,25,26). The fraction of sp³-hybridized carbons (Fsp3) is 0.318.